The maximum atomic E-state index is 9.00. The molecular weight excluding hydrogens is 112 g/mol. The summed E-state index contributed by atoms with van der Waals surface area (Å²) >= 11 is 2.00. The van der Waals surface area contributed by atoms with E-state index in [1.54, 1.807) is 0 Å². The lowest BCUT2D eigenvalue weighted by atomic mass is 11.0. The number of nitrogens with two attached hydrogens (primary N) is 2. The molecule has 0 atom stereocenters. The van der Waals surface area contributed by atoms with E-state index < -0.39 is 6.03 Å². The Morgan fingerprint density at radius 2 is 1.57 bits per heavy atom. The van der Waals surface area contributed by atoms with Gasteiger partial charge in [0.05, 0.1) is 0 Å². The second-order valence-corrected chi connectivity index (χ2v) is 2.24. The molecule has 42 valence electrons. The summed E-state index contributed by atoms with van der Waals surface area (Å²) < 4.78 is 0. The van der Waals surface area contributed by atoms with Gasteiger partial charge in [0.1, 0.15) is 0 Å². The van der Waals surface area contributed by atoms with Gasteiger partial charge in [0.2, 0.25) is 0 Å². The number of hydrogen-bond acceptors (Lipinski definition) is 2. The van der Waals surface area contributed by atoms with E-state index in [-0.39, 0.29) is 0 Å². The molecular formula is C3H8N2OS. The van der Waals surface area contributed by atoms with Gasteiger partial charge >= 0.3 is 6.03 Å². The maximum absolute atomic E-state index is 9.00. The summed E-state index contributed by atoms with van der Waals surface area (Å²) in [5, 5.41) is 0. The van der Waals surface area contributed by atoms with Crippen LogP contribution >= 0.6 is 11.8 Å². The highest BCUT2D eigenvalue weighted by Gasteiger charge is 1.95. The van der Waals surface area contributed by atoms with Crippen LogP contribution in [-0.4, -0.2) is 17.5 Å². The molecule has 0 aliphatic carbocycles. The quantitative estimate of drug-likeness (QED) is 0.433. The van der Waals surface area contributed by atoms with Crippen LogP contribution < -0.4 is 11.5 Å². The first-order chi connectivity index (χ1) is 3.23. The summed E-state index contributed by atoms with van der Waals surface area (Å²) in [4.78, 5) is 9.00. The molecule has 1 rings (SSSR count). The molecule has 1 saturated heterocycles. The van der Waals surface area contributed by atoms with Crippen LogP contribution in [0.2, 0.25) is 0 Å². The molecule has 1 fully saturated rings. The Labute approximate surface area is 46.4 Å². The minimum Gasteiger partial charge on any atom is -0.352 e. The lowest BCUT2D eigenvalue weighted by Gasteiger charge is -1.62. The molecule has 2 amide bonds. The van der Waals surface area contributed by atoms with Crippen LogP contribution in [0.5, 0.6) is 0 Å². The first-order valence-corrected chi connectivity index (χ1v) is 3.01. The number of carbonyl (C=O) groups is 1. The smallest absolute Gasteiger partial charge is 0.309 e. The van der Waals surface area contributed by atoms with Gasteiger partial charge in [-0.25, -0.2) is 4.79 Å². The molecule has 0 spiro atoms. The molecule has 0 aromatic rings. The number of primary amides is 2. The van der Waals surface area contributed by atoms with Crippen LogP contribution in [0.15, 0.2) is 0 Å². The van der Waals surface area contributed by atoms with Gasteiger partial charge in [-0.1, -0.05) is 0 Å². The van der Waals surface area contributed by atoms with Crippen LogP contribution in [0.1, 0.15) is 0 Å². The Bertz CT molecular complexity index is 57.2. The summed E-state index contributed by atoms with van der Waals surface area (Å²) in [6.45, 7) is 0. The van der Waals surface area contributed by atoms with E-state index in [1.165, 1.54) is 11.5 Å². The third-order valence-corrected chi connectivity index (χ3v) is 0.612. The summed E-state index contributed by atoms with van der Waals surface area (Å²) in [7, 11) is 0. The fourth-order valence-electron chi connectivity index (χ4n) is 0. The zero-order valence-electron chi connectivity index (χ0n) is 3.89. The van der Waals surface area contributed by atoms with Crippen LogP contribution in [0.3, 0.4) is 0 Å². The third-order valence-electron chi connectivity index (χ3n) is 0.204. The summed E-state index contributed by atoms with van der Waals surface area (Å²) in [6.07, 6.45) is 0. The Morgan fingerprint density at radius 1 is 1.43 bits per heavy atom. The SMILES string of the molecule is C1CS1.NC(N)=O. The van der Waals surface area contributed by atoms with Crippen molar-refractivity contribution >= 4 is 17.8 Å². The zero-order chi connectivity index (χ0) is 5.70. The van der Waals surface area contributed by atoms with Crippen molar-refractivity contribution in [3.8, 4) is 0 Å². The minimum atomic E-state index is -0.833. The lowest BCUT2D eigenvalue weighted by Crippen LogP contribution is -2.18. The average Bonchev–Trinajstić information content (AvgIpc) is 2.02. The van der Waals surface area contributed by atoms with Gasteiger partial charge in [0.15, 0.2) is 0 Å². The highest BCUT2D eigenvalue weighted by atomic mass is 32.2. The fourth-order valence-corrected chi connectivity index (χ4v) is 0. The predicted octanol–water partition coefficient (Wildman–Crippen LogP) is -0.243. The predicted molar refractivity (Wildman–Crippen MR) is 31.1 cm³/mol. The molecule has 1 heterocycles. The highest BCUT2D eigenvalue weighted by molar-refractivity contribution is 8.06. The Balaban J connectivity index is 0.000000105. The average molecular weight is 120 g/mol. The van der Waals surface area contributed by atoms with Crippen LogP contribution in [0.4, 0.5) is 4.79 Å². The van der Waals surface area contributed by atoms with Gasteiger partial charge in [-0.05, 0) is 0 Å². The molecule has 0 unspecified atom stereocenters. The summed E-state index contributed by atoms with van der Waals surface area (Å²) in [6, 6.07) is -0.833. The molecule has 3 nitrogen and oxygen atoms in total. The second kappa shape index (κ2) is 3.80. The van der Waals surface area contributed by atoms with E-state index in [4.69, 9.17) is 4.79 Å². The van der Waals surface area contributed by atoms with Gasteiger partial charge in [-0.3, -0.25) is 0 Å². The van der Waals surface area contributed by atoms with Crippen LogP contribution in [0, 0.1) is 0 Å². The monoisotopic (exact) mass is 120 g/mol. The van der Waals surface area contributed by atoms with Crippen LogP contribution in [0.25, 0.3) is 0 Å². The highest BCUT2D eigenvalue weighted by Crippen LogP contribution is 2.14. The standard InChI is InChI=1S/C2H4S.CH4N2O/c1-2-3-1;2-1(3)4/h1-2H2;(H4,2,3,4). The topological polar surface area (TPSA) is 69.1 Å². The minimum absolute atomic E-state index is 0.833. The molecule has 1 aliphatic heterocycles. The molecule has 4 heteroatoms. The van der Waals surface area contributed by atoms with Crippen molar-refractivity contribution in [1.82, 2.24) is 0 Å². The summed E-state index contributed by atoms with van der Waals surface area (Å²) in [5.41, 5.74) is 8.50. The molecule has 4 N–H and O–H groups in total. The van der Waals surface area contributed by atoms with Gasteiger partial charge in [0, 0.05) is 11.5 Å². The van der Waals surface area contributed by atoms with E-state index in [1.807, 2.05) is 11.8 Å². The van der Waals surface area contributed by atoms with Gasteiger partial charge in [-0.2, -0.15) is 11.8 Å². The number of carbonyl (C=O) groups excluding carboxylic acids is 1. The zero-order valence-corrected chi connectivity index (χ0v) is 4.70. The van der Waals surface area contributed by atoms with Gasteiger partial charge < -0.3 is 11.5 Å². The van der Waals surface area contributed by atoms with Crippen molar-refractivity contribution in [2.75, 3.05) is 11.5 Å². The van der Waals surface area contributed by atoms with Crippen molar-refractivity contribution in [1.29, 1.82) is 0 Å². The number of rotatable bonds is 0. The molecule has 0 saturated carbocycles. The molecule has 1 aliphatic rings. The largest absolute Gasteiger partial charge is 0.352 e. The molecule has 0 bridgehead atoms. The molecule has 7 heavy (non-hydrogen) atoms. The number of thioether (sulfide) groups is 1. The number of amides is 2. The second-order valence-electron chi connectivity index (χ2n) is 1.01. The van der Waals surface area contributed by atoms with E-state index in [9.17, 15) is 0 Å². The molecule has 0 radical (unpaired) electrons. The Morgan fingerprint density at radius 3 is 1.57 bits per heavy atom. The lowest BCUT2D eigenvalue weighted by molar-refractivity contribution is 0.256. The Hall–Kier alpha value is -0.380. The van der Waals surface area contributed by atoms with E-state index in [0.717, 1.165) is 0 Å². The van der Waals surface area contributed by atoms with E-state index >= 15 is 0 Å². The van der Waals surface area contributed by atoms with Crippen molar-refractivity contribution in [3.63, 3.8) is 0 Å². The van der Waals surface area contributed by atoms with E-state index in [0.29, 0.717) is 0 Å². The number of urea groups is 1. The van der Waals surface area contributed by atoms with Crippen LogP contribution in [-0.2, 0) is 0 Å². The van der Waals surface area contributed by atoms with Crippen molar-refractivity contribution in [3.05, 3.63) is 0 Å². The van der Waals surface area contributed by atoms with Gasteiger partial charge in [0.25, 0.3) is 0 Å². The Kier molecular flexibility index (Phi) is 3.59. The van der Waals surface area contributed by atoms with Crippen molar-refractivity contribution in [2.24, 2.45) is 11.5 Å². The number of hydrogen-bond donors (Lipinski definition) is 2. The fraction of sp³-hybridized carbons (Fsp3) is 0.667. The molecule has 0 aromatic carbocycles. The third kappa shape index (κ3) is 192. The van der Waals surface area contributed by atoms with Crippen molar-refractivity contribution < 1.29 is 4.79 Å². The van der Waals surface area contributed by atoms with E-state index in [2.05, 4.69) is 11.5 Å². The van der Waals surface area contributed by atoms with Crippen molar-refractivity contribution in [2.45, 2.75) is 0 Å². The summed E-state index contributed by atoms with van der Waals surface area (Å²) in [5.74, 6) is 2.83. The normalized spacial score (nSPS) is 13.7. The van der Waals surface area contributed by atoms with Gasteiger partial charge in [-0.15, -0.1) is 0 Å². The first-order valence-electron chi connectivity index (χ1n) is 1.86. The molecule has 0 aromatic heterocycles. The maximum Gasteiger partial charge on any atom is 0.309 e. The first kappa shape index (κ1) is 6.62.